The van der Waals surface area contributed by atoms with Gasteiger partial charge in [0.05, 0.1) is 18.9 Å². The summed E-state index contributed by atoms with van der Waals surface area (Å²) in [6.45, 7) is 15.3. The van der Waals surface area contributed by atoms with E-state index in [1.807, 2.05) is 6.92 Å². The Morgan fingerprint density at radius 2 is 1.88 bits per heavy atom. The van der Waals surface area contributed by atoms with Crippen LogP contribution < -0.4 is 10.2 Å². The Bertz CT molecular complexity index is 820. The van der Waals surface area contributed by atoms with Gasteiger partial charge >= 0.3 is 12.0 Å². The van der Waals surface area contributed by atoms with Gasteiger partial charge in [0, 0.05) is 30.1 Å². The zero-order valence-electron chi connectivity index (χ0n) is 21.0. The Hall–Kier alpha value is -1.93. The summed E-state index contributed by atoms with van der Waals surface area (Å²) in [4.78, 5) is 28.1. The van der Waals surface area contributed by atoms with Crippen molar-refractivity contribution >= 4 is 33.7 Å². The summed E-state index contributed by atoms with van der Waals surface area (Å²) in [6, 6.07) is 4.06. The standard InChI is InChI=1S/C24H41N3O4S/c1-9-19-16-20(25-11-14-31-32(7,8)24(4,5)6)15-18(3)22(19)27-13-12-26(23(27)29)17-21(28)30-10-2/h15-16,25H,9-14,17H2,1-8H3. The number of esters is 1. The van der Waals surface area contributed by atoms with Crippen molar-refractivity contribution in [3.8, 4) is 0 Å². The van der Waals surface area contributed by atoms with Crippen LogP contribution in [0.5, 0.6) is 0 Å². The molecule has 1 N–H and O–H groups in total. The Labute approximate surface area is 195 Å². The van der Waals surface area contributed by atoms with Gasteiger partial charge in [-0.1, -0.05) is 27.7 Å². The topological polar surface area (TPSA) is 71.1 Å². The molecule has 1 heterocycles. The number of rotatable bonds is 10. The van der Waals surface area contributed by atoms with Gasteiger partial charge in [0.2, 0.25) is 0 Å². The van der Waals surface area contributed by atoms with E-state index in [0.29, 0.717) is 26.3 Å². The first-order chi connectivity index (χ1) is 14.9. The van der Waals surface area contributed by atoms with Crippen LogP contribution in [0.4, 0.5) is 16.2 Å². The highest BCUT2D eigenvalue weighted by Crippen LogP contribution is 2.53. The fourth-order valence-electron chi connectivity index (χ4n) is 3.53. The van der Waals surface area contributed by atoms with Crippen LogP contribution in [0.3, 0.4) is 0 Å². The first-order valence-electron chi connectivity index (χ1n) is 11.4. The van der Waals surface area contributed by atoms with Crippen LogP contribution in [0.2, 0.25) is 0 Å². The fourth-order valence-corrected chi connectivity index (χ4v) is 4.39. The molecule has 8 heteroatoms. The zero-order chi connectivity index (χ0) is 24.1. The molecule has 0 atom stereocenters. The number of nitrogens with zero attached hydrogens (tertiary/aromatic N) is 2. The van der Waals surface area contributed by atoms with Gasteiger partial charge < -0.3 is 19.1 Å². The number of urea groups is 1. The number of carbonyl (C=O) groups is 2. The summed E-state index contributed by atoms with van der Waals surface area (Å²) in [5.41, 5.74) is 4.13. The minimum absolute atomic E-state index is 0.00375. The second-order valence-corrected chi connectivity index (χ2v) is 13.3. The van der Waals surface area contributed by atoms with Crippen LogP contribution in [0.25, 0.3) is 0 Å². The van der Waals surface area contributed by atoms with E-state index in [9.17, 15) is 9.59 Å². The maximum atomic E-state index is 13.0. The van der Waals surface area contributed by atoms with Crippen molar-refractivity contribution in [2.75, 3.05) is 62.1 Å². The van der Waals surface area contributed by atoms with Crippen LogP contribution in [-0.4, -0.2) is 73.6 Å². The van der Waals surface area contributed by atoms with Crippen LogP contribution in [0, 0.1) is 6.92 Å². The van der Waals surface area contributed by atoms with E-state index in [1.165, 1.54) is 0 Å². The van der Waals surface area contributed by atoms with E-state index in [2.05, 4.69) is 57.7 Å². The van der Waals surface area contributed by atoms with Crippen molar-refractivity contribution in [1.82, 2.24) is 4.90 Å². The van der Waals surface area contributed by atoms with Gasteiger partial charge in [-0.25, -0.2) is 4.79 Å². The van der Waals surface area contributed by atoms with E-state index in [-0.39, 0.29) is 23.3 Å². The van der Waals surface area contributed by atoms with Crippen LogP contribution in [0.1, 0.15) is 45.7 Å². The molecule has 0 aliphatic carbocycles. The minimum Gasteiger partial charge on any atom is -0.465 e. The molecular formula is C24H41N3O4S. The molecule has 0 saturated carbocycles. The first kappa shape index (κ1) is 26.3. The largest absolute Gasteiger partial charge is 0.465 e. The van der Waals surface area contributed by atoms with Crippen LogP contribution in [-0.2, 0) is 20.1 Å². The molecule has 0 bridgehead atoms. The molecule has 1 aromatic carbocycles. The number of benzene rings is 1. The highest BCUT2D eigenvalue weighted by atomic mass is 32.3. The molecule has 0 radical (unpaired) electrons. The molecule has 1 saturated heterocycles. The Balaban J connectivity index is 2.06. The minimum atomic E-state index is -1.14. The molecule has 2 rings (SSSR count). The third-order valence-corrected chi connectivity index (χ3v) is 9.74. The summed E-state index contributed by atoms with van der Waals surface area (Å²) in [7, 11) is -1.14. The first-order valence-corrected chi connectivity index (χ1v) is 13.8. The van der Waals surface area contributed by atoms with Crippen LogP contribution >= 0.6 is 10.3 Å². The Morgan fingerprint density at radius 3 is 2.47 bits per heavy atom. The highest BCUT2D eigenvalue weighted by molar-refractivity contribution is 8.29. The normalized spacial score (nSPS) is 15.3. The summed E-state index contributed by atoms with van der Waals surface area (Å²) in [5.74, 6) is -0.367. The molecule has 182 valence electrons. The van der Waals surface area contributed by atoms with E-state index in [0.717, 1.165) is 35.5 Å². The maximum absolute atomic E-state index is 13.0. The maximum Gasteiger partial charge on any atom is 0.325 e. The van der Waals surface area contributed by atoms with Crippen molar-refractivity contribution in [3.63, 3.8) is 0 Å². The van der Waals surface area contributed by atoms with Crippen molar-refractivity contribution in [2.24, 2.45) is 0 Å². The molecule has 0 unspecified atom stereocenters. The molecule has 32 heavy (non-hydrogen) atoms. The summed E-state index contributed by atoms with van der Waals surface area (Å²) >= 11 is 0. The number of anilines is 2. The average Bonchev–Trinajstić information content (AvgIpc) is 3.04. The smallest absolute Gasteiger partial charge is 0.325 e. The van der Waals surface area contributed by atoms with Gasteiger partial charge in [-0.2, -0.15) is 0 Å². The van der Waals surface area contributed by atoms with Gasteiger partial charge in [-0.3, -0.25) is 9.69 Å². The van der Waals surface area contributed by atoms with E-state index in [4.69, 9.17) is 8.92 Å². The van der Waals surface area contributed by atoms with Gasteiger partial charge in [-0.15, -0.1) is 10.3 Å². The molecular weight excluding hydrogens is 426 g/mol. The molecule has 7 nitrogen and oxygen atoms in total. The number of hydrogen-bond acceptors (Lipinski definition) is 5. The van der Waals surface area contributed by atoms with Gasteiger partial charge in [0.15, 0.2) is 0 Å². The monoisotopic (exact) mass is 467 g/mol. The highest BCUT2D eigenvalue weighted by Gasteiger charge is 2.33. The van der Waals surface area contributed by atoms with Gasteiger partial charge in [-0.05, 0) is 56.0 Å². The molecule has 1 aromatic rings. The predicted molar refractivity (Wildman–Crippen MR) is 135 cm³/mol. The number of carbonyl (C=O) groups excluding carboxylic acids is 2. The lowest BCUT2D eigenvalue weighted by molar-refractivity contribution is -0.143. The molecule has 1 fully saturated rings. The number of ether oxygens (including phenoxy) is 1. The number of aryl methyl sites for hydroxylation is 2. The van der Waals surface area contributed by atoms with Gasteiger partial charge in [0.25, 0.3) is 0 Å². The SMILES string of the molecule is CCOC(=O)CN1CCN(c2c(C)cc(NCCOS(C)(C)C(C)(C)C)cc2CC)C1=O. The average molecular weight is 468 g/mol. The van der Waals surface area contributed by atoms with Gasteiger partial charge in [0.1, 0.15) is 6.54 Å². The van der Waals surface area contributed by atoms with Crippen molar-refractivity contribution in [1.29, 1.82) is 0 Å². The quantitative estimate of drug-likeness (QED) is 0.403. The third kappa shape index (κ3) is 6.32. The fraction of sp³-hybridized carbons (Fsp3) is 0.667. The lowest BCUT2D eigenvalue weighted by Gasteiger charge is -2.43. The third-order valence-electron chi connectivity index (χ3n) is 6.03. The molecule has 2 amide bonds. The lowest BCUT2D eigenvalue weighted by Crippen LogP contribution is -2.36. The molecule has 0 aromatic heterocycles. The lowest BCUT2D eigenvalue weighted by atomic mass is 10.0. The summed E-state index contributed by atoms with van der Waals surface area (Å²) < 4.78 is 11.3. The predicted octanol–water partition coefficient (Wildman–Crippen LogP) is 4.57. The van der Waals surface area contributed by atoms with Crippen molar-refractivity contribution < 1.29 is 18.5 Å². The Morgan fingerprint density at radius 1 is 1.19 bits per heavy atom. The van der Waals surface area contributed by atoms with Crippen molar-refractivity contribution in [3.05, 3.63) is 23.3 Å². The second kappa shape index (κ2) is 10.8. The number of amides is 2. The molecule has 1 aliphatic heterocycles. The number of nitrogens with one attached hydrogen (secondary N) is 1. The zero-order valence-corrected chi connectivity index (χ0v) is 21.9. The molecule has 1 aliphatic rings. The summed E-state index contributed by atoms with van der Waals surface area (Å²) in [6.07, 6.45) is 5.23. The summed E-state index contributed by atoms with van der Waals surface area (Å²) in [5, 5.41) is 3.48. The van der Waals surface area contributed by atoms with E-state index >= 15 is 0 Å². The Kier molecular flexibility index (Phi) is 8.88. The van der Waals surface area contributed by atoms with E-state index < -0.39 is 10.3 Å². The number of hydrogen-bond donors (Lipinski definition) is 1. The second-order valence-electron chi connectivity index (χ2n) is 9.41. The van der Waals surface area contributed by atoms with E-state index in [1.54, 1.807) is 16.7 Å². The van der Waals surface area contributed by atoms with Crippen molar-refractivity contribution in [2.45, 2.75) is 52.7 Å². The molecule has 0 spiro atoms. The van der Waals surface area contributed by atoms with Crippen LogP contribution in [0.15, 0.2) is 12.1 Å².